The van der Waals surface area contributed by atoms with E-state index in [0.717, 1.165) is 30.2 Å². The van der Waals surface area contributed by atoms with Crippen molar-refractivity contribution in [2.45, 2.75) is 25.7 Å². The van der Waals surface area contributed by atoms with Gasteiger partial charge >= 0.3 is 0 Å². The van der Waals surface area contributed by atoms with Crippen molar-refractivity contribution in [2.24, 2.45) is 0 Å². The summed E-state index contributed by atoms with van der Waals surface area (Å²) in [6.07, 6.45) is 5.45. The molecule has 0 bridgehead atoms. The maximum atomic E-state index is 13.0. The predicted molar refractivity (Wildman–Crippen MR) is 114 cm³/mol. The molecule has 1 amide bonds. The van der Waals surface area contributed by atoms with E-state index in [4.69, 9.17) is 4.74 Å². The van der Waals surface area contributed by atoms with Crippen LogP contribution in [0.25, 0.3) is 11.2 Å². The lowest BCUT2D eigenvalue weighted by Gasteiger charge is -2.17. The molecule has 154 valence electrons. The Morgan fingerprint density at radius 1 is 1.10 bits per heavy atom. The van der Waals surface area contributed by atoms with Crippen LogP contribution in [-0.2, 0) is 11.2 Å². The summed E-state index contributed by atoms with van der Waals surface area (Å²) in [5.41, 5.74) is 3.15. The lowest BCUT2D eigenvalue weighted by Crippen LogP contribution is -2.24. The average molecular weight is 404 g/mol. The van der Waals surface area contributed by atoms with E-state index in [-0.39, 0.29) is 17.2 Å². The highest BCUT2D eigenvalue weighted by Gasteiger charge is 2.28. The number of aliphatic hydroxyl groups is 1. The van der Waals surface area contributed by atoms with Crippen molar-refractivity contribution in [1.29, 1.82) is 0 Å². The monoisotopic (exact) mass is 404 g/mol. The first-order valence-corrected chi connectivity index (χ1v) is 10.3. The van der Waals surface area contributed by atoms with Gasteiger partial charge in [-0.2, -0.15) is 0 Å². The zero-order chi connectivity index (χ0) is 20.5. The minimum atomic E-state index is -0.359. The zero-order valence-corrected chi connectivity index (χ0v) is 16.7. The third kappa shape index (κ3) is 3.52. The number of ether oxygens (including phenoxy) is 1. The van der Waals surface area contributed by atoms with Gasteiger partial charge in [-0.05, 0) is 55.7 Å². The van der Waals surface area contributed by atoms with Crippen molar-refractivity contribution in [1.82, 2.24) is 14.3 Å². The third-order valence-electron chi connectivity index (χ3n) is 5.70. The number of aromatic nitrogens is 2. The highest BCUT2D eigenvalue weighted by molar-refractivity contribution is 6.26. The predicted octanol–water partition coefficient (Wildman–Crippen LogP) is 3.62. The Morgan fingerprint density at radius 2 is 1.90 bits per heavy atom. The summed E-state index contributed by atoms with van der Waals surface area (Å²) in [5, 5.41) is 13.3. The van der Waals surface area contributed by atoms with Gasteiger partial charge in [0.15, 0.2) is 0 Å². The number of anilines is 1. The van der Waals surface area contributed by atoms with E-state index in [1.165, 1.54) is 12.8 Å². The minimum absolute atomic E-state index is 0.0778. The standard InChI is InChI=1S/C23H24N4O3/c28-19-11-10-18-22(25-20-5-1-2-14-27(18)20)21(19)23(29)24-16-6-8-17(9-7-16)30-15-26-12-3-4-13-26/h1-2,5-9,14,28H,3-4,10-13,15H2,(H,24,29). The number of nitrogens with zero attached hydrogens (tertiary/aromatic N) is 3. The molecule has 1 saturated heterocycles. The van der Waals surface area contributed by atoms with Crippen molar-refractivity contribution in [3.05, 3.63) is 65.8 Å². The number of fused-ring (bicyclic) bond motifs is 3. The molecular weight excluding hydrogens is 380 g/mol. The summed E-state index contributed by atoms with van der Waals surface area (Å²) in [7, 11) is 0. The molecular formula is C23H24N4O3. The lowest BCUT2D eigenvalue weighted by molar-refractivity contribution is -0.111. The first kappa shape index (κ1) is 18.7. The molecule has 0 unspecified atom stereocenters. The second-order valence-corrected chi connectivity index (χ2v) is 7.73. The highest BCUT2D eigenvalue weighted by Crippen LogP contribution is 2.31. The molecule has 0 atom stereocenters. The van der Waals surface area contributed by atoms with Gasteiger partial charge in [0, 0.05) is 31.4 Å². The van der Waals surface area contributed by atoms with Gasteiger partial charge in [0.05, 0.1) is 5.69 Å². The van der Waals surface area contributed by atoms with Gasteiger partial charge in [-0.3, -0.25) is 9.69 Å². The smallest absolute Gasteiger partial charge is 0.261 e. The topological polar surface area (TPSA) is 79.1 Å². The molecule has 2 aromatic heterocycles. The summed E-state index contributed by atoms with van der Waals surface area (Å²) in [6, 6.07) is 13.0. The Bertz CT molecular complexity index is 1110. The van der Waals surface area contributed by atoms with Crippen LogP contribution in [0.2, 0.25) is 0 Å². The Balaban J connectivity index is 1.31. The van der Waals surface area contributed by atoms with Gasteiger partial charge in [0.2, 0.25) is 0 Å². The van der Waals surface area contributed by atoms with Crippen LogP contribution in [0.5, 0.6) is 5.75 Å². The molecule has 1 fully saturated rings. The minimum Gasteiger partial charge on any atom is -0.511 e. The second-order valence-electron chi connectivity index (χ2n) is 7.73. The highest BCUT2D eigenvalue weighted by atomic mass is 16.5. The van der Waals surface area contributed by atoms with Gasteiger partial charge in [-0.1, -0.05) is 6.07 Å². The van der Waals surface area contributed by atoms with Crippen LogP contribution in [0.3, 0.4) is 0 Å². The van der Waals surface area contributed by atoms with E-state index < -0.39 is 0 Å². The number of nitrogens with one attached hydrogen (secondary N) is 1. The summed E-state index contributed by atoms with van der Waals surface area (Å²) < 4.78 is 7.79. The van der Waals surface area contributed by atoms with E-state index in [9.17, 15) is 9.90 Å². The van der Waals surface area contributed by atoms with E-state index in [1.54, 1.807) is 0 Å². The first-order chi connectivity index (χ1) is 14.7. The first-order valence-electron chi connectivity index (χ1n) is 10.3. The molecule has 0 radical (unpaired) electrons. The second kappa shape index (κ2) is 7.84. The zero-order valence-electron chi connectivity index (χ0n) is 16.7. The fraction of sp³-hybridized carbons (Fsp3) is 0.304. The fourth-order valence-electron chi connectivity index (χ4n) is 4.13. The van der Waals surface area contributed by atoms with Gasteiger partial charge in [0.25, 0.3) is 5.91 Å². The summed E-state index contributed by atoms with van der Waals surface area (Å²) in [5.74, 6) is 0.485. The number of hydrogen-bond donors (Lipinski definition) is 2. The van der Waals surface area contributed by atoms with Gasteiger partial charge in [-0.25, -0.2) is 4.98 Å². The Kier molecular flexibility index (Phi) is 4.88. The lowest BCUT2D eigenvalue weighted by atomic mass is 9.97. The third-order valence-corrected chi connectivity index (χ3v) is 5.70. The SMILES string of the molecule is O=C(Nc1ccc(OCN2CCCC2)cc1)C1=C(O)CCc2c1nc1ccccn21. The van der Waals surface area contributed by atoms with Crippen molar-refractivity contribution in [3.63, 3.8) is 0 Å². The fourth-order valence-corrected chi connectivity index (χ4v) is 4.13. The van der Waals surface area contributed by atoms with Crippen molar-refractivity contribution in [2.75, 3.05) is 25.1 Å². The van der Waals surface area contributed by atoms with Gasteiger partial charge < -0.3 is 19.6 Å². The number of aryl methyl sites for hydroxylation is 1. The molecule has 3 heterocycles. The molecule has 7 nitrogen and oxygen atoms in total. The van der Waals surface area contributed by atoms with Crippen molar-refractivity contribution < 1.29 is 14.6 Å². The Morgan fingerprint density at radius 3 is 2.70 bits per heavy atom. The van der Waals surface area contributed by atoms with E-state index in [1.807, 2.05) is 53.1 Å². The van der Waals surface area contributed by atoms with E-state index in [2.05, 4.69) is 15.2 Å². The Labute approximate surface area is 174 Å². The van der Waals surface area contributed by atoms with Gasteiger partial charge in [-0.15, -0.1) is 0 Å². The van der Waals surface area contributed by atoms with Crippen LogP contribution in [0.4, 0.5) is 5.69 Å². The largest absolute Gasteiger partial charge is 0.511 e. The number of rotatable bonds is 5. The number of imidazole rings is 1. The molecule has 3 aromatic rings. The quantitative estimate of drug-likeness (QED) is 0.679. The molecule has 5 rings (SSSR count). The van der Waals surface area contributed by atoms with E-state index in [0.29, 0.717) is 31.0 Å². The summed E-state index contributed by atoms with van der Waals surface area (Å²) >= 11 is 0. The molecule has 0 saturated carbocycles. The normalized spacial score (nSPS) is 16.7. The number of allylic oxidation sites excluding steroid dienone is 1. The van der Waals surface area contributed by atoms with Gasteiger partial charge in [0.1, 0.15) is 35.2 Å². The maximum absolute atomic E-state index is 13.0. The molecule has 30 heavy (non-hydrogen) atoms. The number of likely N-dealkylation sites (tertiary alicyclic amines) is 1. The van der Waals surface area contributed by atoms with Crippen LogP contribution in [0.1, 0.15) is 30.7 Å². The van der Waals surface area contributed by atoms with Crippen molar-refractivity contribution in [3.8, 4) is 5.75 Å². The molecule has 2 N–H and O–H groups in total. The number of hydrogen-bond acceptors (Lipinski definition) is 5. The molecule has 7 heteroatoms. The number of pyridine rings is 1. The van der Waals surface area contributed by atoms with Crippen LogP contribution >= 0.6 is 0 Å². The molecule has 0 spiro atoms. The molecule has 1 aromatic carbocycles. The van der Waals surface area contributed by atoms with Crippen LogP contribution in [-0.4, -0.2) is 45.1 Å². The summed E-state index contributed by atoms with van der Waals surface area (Å²) in [4.78, 5) is 19.8. The van der Waals surface area contributed by atoms with Crippen LogP contribution in [0, 0.1) is 0 Å². The van der Waals surface area contributed by atoms with E-state index >= 15 is 0 Å². The number of benzene rings is 1. The molecule has 1 aliphatic heterocycles. The molecule has 2 aliphatic rings. The number of amides is 1. The van der Waals surface area contributed by atoms with Crippen molar-refractivity contribution >= 4 is 22.8 Å². The number of carbonyl (C=O) groups is 1. The number of carbonyl (C=O) groups excluding carboxylic acids is 1. The van der Waals surface area contributed by atoms with Crippen LogP contribution in [0.15, 0.2) is 54.4 Å². The number of aliphatic hydroxyl groups excluding tert-OH is 1. The molecule has 1 aliphatic carbocycles. The van der Waals surface area contributed by atoms with Crippen LogP contribution < -0.4 is 10.1 Å². The Hall–Kier alpha value is -3.32. The summed E-state index contributed by atoms with van der Waals surface area (Å²) in [6.45, 7) is 2.75. The average Bonchev–Trinajstić information content (AvgIpc) is 3.40. The maximum Gasteiger partial charge on any atom is 0.261 e.